The zero-order valence-electron chi connectivity index (χ0n) is 10.7. The fourth-order valence-electron chi connectivity index (χ4n) is 1.96. The molecular weight excluding hydrogens is 228 g/mol. The quantitative estimate of drug-likeness (QED) is 0.842. The highest BCUT2D eigenvalue weighted by Crippen LogP contribution is 2.24. The molecule has 18 heavy (non-hydrogen) atoms. The van der Waals surface area contributed by atoms with Crippen LogP contribution in [0, 0.1) is 6.92 Å². The predicted molar refractivity (Wildman–Crippen MR) is 70.1 cm³/mol. The summed E-state index contributed by atoms with van der Waals surface area (Å²) in [6.07, 6.45) is 0. The van der Waals surface area contributed by atoms with Crippen LogP contribution < -0.4 is 5.48 Å². The zero-order valence-corrected chi connectivity index (χ0v) is 10.7. The molecule has 0 unspecified atom stereocenters. The Balaban J connectivity index is 2.46. The number of nitrogens with one attached hydrogen (secondary N) is 1. The van der Waals surface area contributed by atoms with Gasteiger partial charge in [0.1, 0.15) is 0 Å². The van der Waals surface area contributed by atoms with E-state index in [2.05, 4.69) is 10.3 Å². The number of amides is 1. The number of benzene rings is 1. The molecule has 0 spiro atoms. The van der Waals surface area contributed by atoms with Crippen molar-refractivity contribution in [3.8, 4) is 11.3 Å². The summed E-state index contributed by atoms with van der Waals surface area (Å²) in [5, 5.41) is 0. The van der Waals surface area contributed by atoms with Crippen LogP contribution in [0.4, 0.5) is 0 Å². The van der Waals surface area contributed by atoms with Crippen LogP contribution in [0.25, 0.3) is 11.3 Å². The van der Waals surface area contributed by atoms with Crippen molar-refractivity contribution in [2.75, 3.05) is 7.11 Å². The second-order valence-electron chi connectivity index (χ2n) is 4.09. The van der Waals surface area contributed by atoms with E-state index in [4.69, 9.17) is 0 Å². The number of hydrogen-bond donors (Lipinski definition) is 1. The fourth-order valence-corrected chi connectivity index (χ4v) is 1.96. The molecule has 2 aromatic rings. The van der Waals surface area contributed by atoms with Gasteiger partial charge in [-0.1, -0.05) is 30.3 Å². The van der Waals surface area contributed by atoms with Crippen molar-refractivity contribution in [2.45, 2.75) is 6.92 Å². The number of hydrogen-bond acceptors (Lipinski definition) is 2. The van der Waals surface area contributed by atoms with Crippen LogP contribution in [0.3, 0.4) is 0 Å². The van der Waals surface area contributed by atoms with Crippen molar-refractivity contribution in [1.29, 1.82) is 0 Å². The van der Waals surface area contributed by atoms with Crippen LogP contribution in [0.1, 0.15) is 16.1 Å². The summed E-state index contributed by atoms with van der Waals surface area (Å²) in [6, 6.07) is 11.8. The molecule has 0 aliphatic carbocycles. The Labute approximate surface area is 106 Å². The number of carbonyl (C=O) groups is 1. The highest BCUT2D eigenvalue weighted by molar-refractivity contribution is 5.96. The number of hydroxylamine groups is 1. The van der Waals surface area contributed by atoms with Crippen molar-refractivity contribution in [1.82, 2.24) is 10.0 Å². The van der Waals surface area contributed by atoms with Crippen LogP contribution in [-0.4, -0.2) is 17.6 Å². The first-order valence-electron chi connectivity index (χ1n) is 5.70. The Morgan fingerprint density at radius 1 is 1.28 bits per heavy atom. The van der Waals surface area contributed by atoms with Gasteiger partial charge in [0.2, 0.25) is 0 Å². The molecule has 0 bridgehead atoms. The number of rotatable bonds is 3. The molecule has 0 radical (unpaired) electrons. The average molecular weight is 244 g/mol. The van der Waals surface area contributed by atoms with Gasteiger partial charge in [0.05, 0.1) is 12.7 Å². The largest absolute Gasteiger partial charge is 0.347 e. The Kier molecular flexibility index (Phi) is 3.48. The highest BCUT2D eigenvalue weighted by Gasteiger charge is 2.16. The van der Waals surface area contributed by atoms with Crippen LogP contribution in [0.5, 0.6) is 0 Å². The predicted octanol–water partition coefficient (Wildman–Crippen LogP) is 2.29. The van der Waals surface area contributed by atoms with Crippen LogP contribution in [0.15, 0.2) is 36.4 Å². The Morgan fingerprint density at radius 2 is 1.94 bits per heavy atom. The molecular formula is C14H16N2O2. The summed E-state index contributed by atoms with van der Waals surface area (Å²) in [5.41, 5.74) is 5.96. The minimum Gasteiger partial charge on any atom is -0.347 e. The van der Waals surface area contributed by atoms with Crippen molar-refractivity contribution in [2.24, 2.45) is 7.05 Å². The van der Waals surface area contributed by atoms with E-state index in [0.29, 0.717) is 5.56 Å². The third-order valence-corrected chi connectivity index (χ3v) is 3.04. The lowest BCUT2D eigenvalue weighted by atomic mass is 10.1. The Bertz CT molecular complexity index is 559. The van der Waals surface area contributed by atoms with Crippen molar-refractivity contribution in [3.05, 3.63) is 47.7 Å². The van der Waals surface area contributed by atoms with E-state index < -0.39 is 0 Å². The van der Waals surface area contributed by atoms with E-state index in [1.54, 1.807) is 0 Å². The molecule has 1 aromatic carbocycles. The molecule has 4 heteroatoms. The SMILES string of the molecule is CONC(=O)c1cc(-c2ccccc2)n(C)c1C. The van der Waals surface area contributed by atoms with E-state index >= 15 is 0 Å². The summed E-state index contributed by atoms with van der Waals surface area (Å²) in [6.45, 7) is 1.91. The number of carbonyl (C=O) groups excluding carboxylic acids is 1. The summed E-state index contributed by atoms with van der Waals surface area (Å²) in [4.78, 5) is 16.5. The lowest BCUT2D eigenvalue weighted by Crippen LogP contribution is -2.22. The molecule has 0 atom stereocenters. The van der Waals surface area contributed by atoms with Crippen LogP contribution in [-0.2, 0) is 11.9 Å². The summed E-state index contributed by atoms with van der Waals surface area (Å²) >= 11 is 0. The Morgan fingerprint density at radius 3 is 2.56 bits per heavy atom. The second kappa shape index (κ2) is 5.06. The van der Waals surface area contributed by atoms with Gasteiger partial charge in [-0.3, -0.25) is 9.63 Å². The maximum atomic E-state index is 11.8. The second-order valence-corrected chi connectivity index (χ2v) is 4.09. The third kappa shape index (κ3) is 2.15. The van der Waals surface area contributed by atoms with E-state index in [9.17, 15) is 4.79 Å². The smallest absolute Gasteiger partial charge is 0.276 e. The van der Waals surface area contributed by atoms with Crippen molar-refractivity contribution >= 4 is 5.91 Å². The summed E-state index contributed by atoms with van der Waals surface area (Å²) in [5.74, 6) is -0.229. The highest BCUT2D eigenvalue weighted by atomic mass is 16.6. The summed E-state index contributed by atoms with van der Waals surface area (Å²) in [7, 11) is 3.37. The third-order valence-electron chi connectivity index (χ3n) is 3.04. The van der Waals surface area contributed by atoms with Crippen molar-refractivity contribution in [3.63, 3.8) is 0 Å². The van der Waals surface area contributed by atoms with Gasteiger partial charge < -0.3 is 4.57 Å². The molecule has 0 fully saturated rings. The average Bonchev–Trinajstić information content (AvgIpc) is 2.68. The molecule has 0 saturated carbocycles. The summed E-state index contributed by atoms with van der Waals surface area (Å²) < 4.78 is 2.00. The fraction of sp³-hybridized carbons (Fsp3) is 0.214. The van der Waals surface area contributed by atoms with Gasteiger partial charge in [0.15, 0.2) is 0 Å². The van der Waals surface area contributed by atoms with Crippen LogP contribution >= 0.6 is 0 Å². The molecule has 4 nitrogen and oxygen atoms in total. The van der Waals surface area contributed by atoms with Gasteiger partial charge in [-0.15, -0.1) is 0 Å². The molecule has 2 rings (SSSR count). The lowest BCUT2D eigenvalue weighted by Gasteiger charge is -2.05. The van der Waals surface area contributed by atoms with Gasteiger partial charge in [-0.25, -0.2) is 5.48 Å². The number of nitrogens with zero attached hydrogens (tertiary/aromatic N) is 1. The topological polar surface area (TPSA) is 43.3 Å². The molecule has 1 heterocycles. The standard InChI is InChI=1S/C14H16N2O2/c1-10-12(14(17)15-18-3)9-13(16(10)2)11-7-5-4-6-8-11/h4-9H,1-3H3,(H,15,17). The number of aromatic nitrogens is 1. The van der Waals surface area contributed by atoms with Crippen LogP contribution in [0.2, 0.25) is 0 Å². The normalized spacial score (nSPS) is 10.4. The van der Waals surface area contributed by atoms with E-state index in [0.717, 1.165) is 17.0 Å². The van der Waals surface area contributed by atoms with Gasteiger partial charge in [0, 0.05) is 18.4 Å². The van der Waals surface area contributed by atoms with Crippen molar-refractivity contribution < 1.29 is 9.63 Å². The van der Waals surface area contributed by atoms with E-state index in [1.165, 1.54) is 7.11 Å². The van der Waals surface area contributed by atoms with E-state index in [1.807, 2.05) is 54.9 Å². The van der Waals surface area contributed by atoms with Gasteiger partial charge in [-0.05, 0) is 18.6 Å². The molecule has 0 aliphatic heterocycles. The van der Waals surface area contributed by atoms with Gasteiger partial charge >= 0.3 is 0 Å². The molecule has 0 saturated heterocycles. The maximum Gasteiger partial charge on any atom is 0.276 e. The van der Waals surface area contributed by atoms with Gasteiger partial charge in [-0.2, -0.15) is 0 Å². The Hall–Kier alpha value is -2.07. The first kappa shape index (κ1) is 12.4. The van der Waals surface area contributed by atoms with E-state index in [-0.39, 0.29) is 5.91 Å². The minimum atomic E-state index is -0.229. The lowest BCUT2D eigenvalue weighted by molar-refractivity contribution is 0.0537. The van der Waals surface area contributed by atoms with Gasteiger partial charge in [0.25, 0.3) is 5.91 Å². The zero-order chi connectivity index (χ0) is 13.1. The molecule has 1 N–H and O–H groups in total. The molecule has 94 valence electrons. The first-order chi connectivity index (χ1) is 8.65. The first-order valence-corrected chi connectivity index (χ1v) is 5.70. The minimum absolute atomic E-state index is 0.229. The maximum absolute atomic E-state index is 11.8. The molecule has 1 amide bonds. The molecule has 0 aliphatic rings. The monoisotopic (exact) mass is 244 g/mol. The molecule has 1 aromatic heterocycles.